The van der Waals surface area contributed by atoms with Crippen molar-refractivity contribution in [2.24, 2.45) is 0 Å². The quantitative estimate of drug-likeness (QED) is 0.812. The average Bonchev–Trinajstić information content (AvgIpc) is 2.35. The third-order valence-electron chi connectivity index (χ3n) is 2.62. The third-order valence-corrected chi connectivity index (χ3v) is 2.62. The van der Waals surface area contributed by atoms with E-state index in [-0.39, 0.29) is 11.9 Å². The van der Waals surface area contributed by atoms with Crippen molar-refractivity contribution in [3.8, 4) is 0 Å². The van der Waals surface area contributed by atoms with Gasteiger partial charge in [0.15, 0.2) is 11.6 Å². The van der Waals surface area contributed by atoms with Crippen LogP contribution in [0.5, 0.6) is 0 Å². The van der Waals surface area contributed by atoms with Gasteiger partial charge in [-0.2, -0.15) is 4.98 Å². The number of hydrogen-bond acceptors (Lipinski definition) is 4. The molecular weight excluding hydrogens is 231 g/mol. The fourth-order valence-corrected chi connectivity index (χ4v) is 1.73. The normalized spacial score (nSPS) is 10.8. The van der Waals surface area contributed by atoms with Crippen LogP contribution in [-0.2, 0) is 0 Å². The number of halogens is 1. The van der Waals surface area contributed by atoms with Gasteiger partial charge in [-0.05, 0) is 26.7 Å². The molecule has 1 rings (SSSR count). The van der Waals surface area contributed by atoms with Crippen LogP contribution in [0.3, 0.4) is 0 Å². The Morgan fingerprint density at radius 3 is 2.61 bits per heavy atom. The summed E-state index contributed by atoms with van der Waals surface area (Å²) in [5, 5.41) is 3.08. The minimum absolute atomic E-state index is 0.216. The maximum Gasteiger partial charge on any atom is 0.224 e. The van der Waals surface area contributed by atoms with E-state index in [1.165, 1.54) is 6.20 Å². The van der Waals surface area contributed by atoms with Crippen LogP contribution in [0.15, 0.2) is 6.20 Å². The summed E-state index contributed by atoms with van der Waals surface area (Å²) in [7, 11) is 0. The van der Waals surface area contributed by atoms with Gasteiger partial charge in [0.05, 0.1) is 6.20 Å². The zero-order valence-electron chi connectivity index (χ0n) is 11.7. The summed E-state index contributed by atoms with van der Waals surface area (Å²) in [5.41, 5.74) is 0. The molecule has 0 saturated carbocycles. The molecule has 0 saturated heterocycles. The summed E-state index contributed by atoms with van der Waals surface area (Å²) in [6.45, 7) is 9.80. The fourth-order valence-electron chi connectivity index (χ4n) is 1.73. The summed E-state index contributed by atoms with van der Waals surface area (Å²) >= 11 is 0. The summed E-state index contributed by atoms with van der Waals surface area (Å²) in [5.74, 6) is 0.523. The van der Waals surface area contributed by atoms with Crippen LogP contribution < -0.4 is 10.2 Å². The van der Waals surface area contributed by atoms with Gasteiger partial charge in [0.25, 0.3) is 0 Å². The fraction of sp³-hybridized carbons (Fsp3) is 0.692. The summed E-state index contributed by atoms with van der Waals surface area (Å²) < 4.78 is 13.8. The van der Waals surface area contributed by atoms with Crippen molar-refractivity contribution in [1.82, 2.24) is 9.97 Å². The van der Waals surface area contributed by atoms with E-state index < -0.39 is 0 Å². The molecule has 1 aromatic heterocycles. The van der Waals surface area contributed by atoms with Gasteiger partial charge in [-0.25, -0.2) is 9.37 Å². The van der Waals surface area contributed by atoms with Crippen LogP contribution in [-0.4, -0.2) is 29.1 Å². The highest BCUT2D eigenvalue weighted by atomic mass is 19.1. The molecule has 0 unspecified atom stereocenters. The molecule has 0 aliphatic carbocycles. The molecule has 0 spiro atoms. The van der Waals surface area contributed by atoms with Crippen molar-refractivity contribution in [2.45, 2.75) is 46.6 Å². The molecule has 102 valence electrons. The van der Waals surface area contributed by atoms with Crippen molar-refractivity contribution >= 4 is 11.8 Å². The lowest BCUT2D eigenvalue weighted by Gasteiger charge is -2.27. The monoisotopic (exact) mass is 254 g/mol. The minimum Gasteiger partial charge on any atom is -0.354 e. The van der Waals surface area contributed by atoms with E-state index in [4.69, 9.17) is 0 Å². The second-order valence-electron chi connectivity index (χ2n) is 4.58. The summed E-state index contributed by atoms with van der Waals surface area (Å²) in [4.78, 5) is 10.2. The standard InChI is InChI=1S/C13H23FN4/c1-5-7-15-13-16-9-11(14)12(17-13)18(8-6-2)10(3)4/h9-10H,5-8H2,1-4H3,(H,15,16,17). The van der Waals surface area contributed by atoms with E-state index in [0.717, 1.165) is 25.9 Å². The molecule has 1 aromatic rings. The Morgan fingerprint density at radius 2 is 2.06 bits per heavy atom. The van der Waals surface area contributed by atoms with Crippen LogP contribution in [0.2, 0.25) is 0 Å². The van der Waals surface area contributed by atoms with Crippen LogP contribution in [0.4, 0.5) is 16.2 Å². The van der Waals surface area contributed by atoms with Crippen LogP contribution in [0.25, 0.3) is 0 Å². The molecule has 0 aliphatic heterocycles. The van der Waals surface area contributed by atoms with Gasteiger partial charge in [0.1, 0.15) is 0 Å². The van der Waals surface area contributed by atoms with Crippen molar-refractivity contribution in [1.29, 1.82) is 0 Å². The first-order valence-corrected chi connectivity index (χ1v) is 6.63. The number of hydrogen-bond donors (Lipinski definition) is 1. The van der Waals surface area contributed by atoms with E-state index in [0.29, 0.717) is 11.8 Å². The first kappa shape index (κ1) is 14.7. The van der Waals surface area contributed by atoms with Gasteiger partial charge in [-0.15, -0.1) is 0 Å². The van der Waals surface area contributed by atoms with Gasteiger partial charge >= 0.3 is 0 Å². The molecule has 0 atom stereocenters. The molecule has 1 N–H and O–H groups in total. The Hall–Kier alpha value is -1.39. The highest BCUT2D eigenvalue weighted by Gasteiger charge is 2.16. The van der Waals surface area contributed by atoms with Crippen molar-refractivity contribution < 1.29 is 4.39 Å². The molecule has 0 bridgehead atoms. The highest BCUT2D eigenvalue weighted by Crippen LogP contribution is 2.20. The molecule has 0 aromatic carbocycles. The zero-order chi connectivity index (χ0) is 13.5. The predicted molar refractivity (Wildman–Crippen MR) is 73.5 cm³/mol. The Kier molecular flexibility index (Phi) is 5.82. The lowest BCUT2D eigenvalue weighted by molar-refractivity contribution is 0.581. The molecule has 0 fully saturated rings. The lowest BCUT2D eigenvalue weighted by atomic mass is 10.3. The van der Waals surface area contributed by atoms with Crippen molar-refractivity contribution in [3.05, 3.63) is 12.0 Å². The maximum absolute atomic E-state index is 13.8. The zero-order valence-corrected chi connectivity index (χ0v) is 11.7. The van der Waals surface area contributed by atoms with Crippen molar-refractivity contribution in [3.63, 3.8) is 0 Å². The van der Waals surface area contributed by atoms with Gasteiger partial charge in [-0.1, -0.05) is 13.8 Å². The predicted octanol–water partition coefficient (Wildman–Crippen LogP) is 3.06. The topological polar surface area (TPSA) is 41.1 Å². The average molecular weight is 254 g/mol. The van der Waals surface area contributed by atoms with Gasteiger partial charge in [-0.3, -0.25) is 0 Å². The second kappa shape index (κ2) is 7.13. The molecule has 0 aliphatic rings. The number of rotatable bonds is 7. The molecule has 4 nitrogen and oxygen atoms in total. The van der Waals surface area contributed by atoms with Crippen molar-refractivity contribution in [2.75, 3.05) is 23.3 Å². The third kappa shape index (κ3) is 3.82. The molecule has 18 heavy (non-hydrogen) atoms. The second-order valence-corrected chi connectivity index (χ2v) is 4.58. The van der Waals surface area contributed by atoms with E-state index in [9.17, 15) is 4.39 Å². The molecule has 1 heterocycles. The SMILES string of the molecule is CCCNc1ncc(F)c(N(CCC)C(C)C)n1. The largest absolute Gasteiger partial charge is 0.354 e. The maximum atomic E-state index is 13.8. The lowest BCUT2D eigenvalue weighted by Crippen LogP contribution is -2.33. The number of nitrogens with one attached hydrogen (secondary N) is 1. The van der Waals surface area contributed by atoms with E-state index in [1.807, 2.05) is 18.7 Å². The molecule has 5 heteroatoms. The summed E-state index contributed by atoms with van der Waals surface area (Å²) in [6, 6.07) is 0.216. The Bertz CT molecular complexity index is 368. The minimum atomic E-state index is -0.362. The number of aromatic nitrogens is 2. The van der Waals surface area contributed by atoms with E-state index in [1.54, 1.807) is 0 Å². The smallest absolute Gasteiger partial charge is 0.224 e. The van der Waals surface area contributed by atoms with Crippen LogP contribution in [0, 0.1) is 5.82 Å². The Balaban J connectivity index is 2.96. The molecule has 0 amide bonds. The van der Waals surface area contributed by atoms with Gasteiger partial charge < -0.3 is 10.2 Å². The molecular formula is C13H23FN4. The van der Waals surface area contributed by atoms with Crippen LogP contribution >= 0.6 is 0 Å². The Morgan fingerprint density at radius 1 is 1.33 bits per heavy atom. The first-order valence-electron chi connectivity index (χ1n) is 6.63. The van der Waals surface area contributed by atoms with Gasteiger partial charge in [0, 0.05) is 19.1 Å². The van der Waals surface area contributed by atoms with Gasteiger partial charge in [0.2, 0.25) is 5.95 Å². The number of nitrogens with zero attached hydrogens (tertiary/aromatic N) is 3. The summed E-state index contributed by atoms with van der Waals surface area (Å²) in [6.07, 6.45) is 3.18. The molecule has 0 radical (unpaired) electrons. The Labute approximate surface area is 109 Å². The van der Waals surface area contributed by atoms with E-state index >= 15 is 0 Å². The first-order chi connectivity index (χ1) is 8.60. The number of anilines is 2. The van der Waals surface area contributed by atoms with E-state index in [2.05, 4.69) is 29.1 Å². The van der Waals surface area contributed by atoms with Crippen LogP contribution in [0.1, 0.15) is 40.5 Å². The highest BCUT2D eigenvalue weighted by molar-refractivity contribution is 5.44.